The number of likely N-dealkylation sites (tertiary alicyclic amines) is 1. The largest absolute Gasteiger partial charge is 0.287 e. The van der Waals surface area contributed by atoms with Crippen molar-refractivity contribution >= 4 is 9.84 Å². The van der Waals surface area contributed by atoms with Crippen LogP contribution in [0.1, 0.15) is 40.0 Å². The quantitative estimate of drug-likeness (QED) is 0.771. The highest BCUT2D eigenvalue weighted by Crippen LogP contribution is 2.19. The van der Waals surface area contributed by atoms with Crippen LogP contribution in [0, 0.1) is 11.3 Å². The van der Waals surface area contributed by atoms with Gasteiger partial charge in [0, 0.05) is 6.54 Å². The molecule has 4 nitrogen and oxygen atoms in total. The van der Waals surface area contributed by atoms with E-state index in [1.54, 1.807) is 20.8 Å². The molecule has 5 heteroatoms. The van der Waals surface area contributed by atoms with E-state index in [2.05, 4.69) is 6.07 Å². The van der Waals surface area contributed by atoms with E-state index in [1.807, 2.05) is 4.90 Å². The number of hydrogen-bond acceptors (Lipinski definition) is 4. The lowest BCUT2D eigenvalue weighted by atomic mass is 10.0. The summed E-state index contributed by atoms with van der Waals surface area (Å²) in [5.41, 5.74) is 0. The van der Waals surface area contributed by atoms with Gasteiger partial charge in [-0.3, -0.25) is 4.90 Å². The van der Waals surface area contributed by atoms with Gasteiger partial charge >= 0.3 is 0 Å². The Balaban J connectivity index is 2.59. The van der Waals surface area contributed by atoms with Crippen molar-refractivity contribution in [2.45, 2.75) is 50.8 Å². The number of rotatable bonds is 3. The molecule has 1 aliphatic heterocycles. The first-order chi connectivity index (χ1) is 7.78. The Hall–Kier alpha value is -0.600. The van der Waals surface area contributed by atoms with Crippen molar-refractivity contribution in [3.8, 4) is 6.07 Å². The molecule has 1 unspecified atom stereocenters. The number of sulfone groups is 1. The summed E-state index contributed by atoms with van der Waals surface area (Å²) in [7, 11) is -3.08. The van der Waals surface area contributed by atoms with Gasteiger partial charge in [0.2, 0.25) is 0 Å². The third-order valence-electron chi connectivity index (χ3n) is 3.34. The minimum atomic E-state index is -3.08. The average molecular weight is 258 g/mol. The molecule has 1 saturated heterocycles. The first-order valence-electron chi connectivity index (χ1n) is 6.14. The zero-order valence-electron chi connectivity index (χ0n) is 10.9. The Kier molecular flexibility index (Phi) is 4.56. The molecule has 0 spiro atoms. The van der Waals surface area contributed by atoms with Crippen molar-refractivity contribution in [3.05, 3.63) is 0 Å². The van der Waals surface area contributed by atoms with E-state index in [4.69, 9.17) is 5.26 Å². The van der Waals surface area contributed by atoms with Gasteiger partial charge in [-0.15, -0.1) is 0 Å². The van der Waals surface area contributed by atoms with Gasteiger partial charge in [0.05, 0.1) is 22.6 Å². The minimum absolute atomic E-state index is 0.0982. The summed E-state index contributed by atoms with van der Waals surface area (Å²) in [4.78, 5) is 2.01. The maximum absolute atomic E-state index is 12.0. The molecule has 1 rings (SSSR count). The fourth-order valence-corrected chi connectivity index (χ4v) is 3.04. The van der Waals surface area contributed by atoms with Gasteiger partial charge in [-0.25, -0.2) is 8.42 Å². The Morgan fingerprint density at radius 3 is 2.53 bits per heavy atom. The predicted octanol–water partition coefficient (Wildman–Crippen LogP) is 1.58. The highest BCUT2D eigenvalue weighted by atomic mass is 32.2. The van der Waals surface area contributed by atoms with Gasteiger partial charge in [-0.05, 0) is 46.6 Å². The van der Waals surface area contributed by atoms with Crippen LogP contribution in [0.3, 0.4) is 0 Å². The van der Waals surface area contributed by atoms with Crippen molar-refractivity contribution in [3.63, 3.8) is 0 Å². The molecule has 1 fully saturated rings. The Morgan fingerprint density at radius 1 is 1.35 bits per heavy atom. The molecule has 0 N–H and O–H groups in total. The summed E-state index contributed by atoms with van der Waals surface area (Å²) < 4.78 is 23.3. The molecule has 0 bridgehead atoms. The van der Waals surface area contributed by atoms with Crippen molar-refractivity contribution in [2.75, 3.05) is 18.8 Å². The van der Waals surface area contributed by atoms with Crippen LogP contribution < -0.4 is 0 Å². The molecule has 0 aliphatic carbocycles. The van der Waals surface area contributed by atoms with Crippen LogP contribution in [0.25, 0.3) is 0 Å². The van der Waals surface area contributed by atoms with Crippen LogP contribution in [0.15, 0.2) is 0 Å². The molecule has 0 aromatic heterocycles. The second kappa shape index (κ2) is 5.36. The van der Waals surface area contributed by atoms with Gasteiger partial charge in [-0.1, -0.05) is 0 Å². The summed E-state index contributed by atoms with van der Waals surface area (Å²) >= 11 is 0. The van der Waals surface area contributed by atoms with Gasteiger partial charge in [0.25, 0.3) is 0 Å². The molecule has 98 valence electrons. The molecule has 0 saturated carbocycles. The SMILES string of the molecule is CC(C)(C)S(=O)(=O)CCN1CCCCC1C#N. The first kappa shape index (κ1) is 14.5. The summed E-state index contributed by atoms with van der Waals surface area (Å²) in [6.45, 7) is 6.50. The fraction of sp³-hybridized carbons (Fsp3) is 0.917. The second-order valence-electron chi connectivity index (χ2n) is 5.61. The van der Waals surface area contributed by atoms with Gasteiger partial charge in [0.15, 0.2) is 9.84 Å². The Labute approximate surface area is 105 Å². The molecule has 0 radical (unpaired) electrons. The van der Waals surface area contributed by atoms with Crippen LogP contribution >= 0.6 is 0 Å². The molecular formula is C12H22N2O2S. The predicted molar refractivity (Wildman–Crippen MR) is 68.4 cm³/mol. The number of piperidine rings is 1. The van der Waals surface area contributed by atoms with E-state index in [-0.39, 0.29) is 11.8 Å². The maximum atomic E-state index is 12.0. The van der Waals surface area contributed by atoms with E-state index in [0.29, 0.717) is 6.54 Å². The summed E-state index contributed by atoms with van der Waals surface area (Å²) in [5.74, 6) is 0.147. The standard InChI is InChI=1S/C12H22N2O2S/c1-12(2,3)17(15,16)9-8-14-7-5-4-6-11(14)10-13/h11H,4-9H2,1-3H3. The normalized spacial score (nSPS) is 23.3. The third kappa shape index (κ3) is 3.68. The summed E-state index contributed by atoms with van der Waals surface area (Å²) in [6, 6.07) is 2.16. The summed E-state index contributed by atoms with van der Waals surface area (Å²) in [5, 5.41) is 9.01. The first-order valence-corrected chi connectivity index (χ1v) is 7.79. The van der Waals surface area contributed by atoms with Gasteiger partial charge in [-0.2, -0.15) is 5.26 Å². The zero-order valence-corrected chi connectivity index (χ0v) is 11.8. The smallest absolute Gasteiger partial charge is 0.156 e. The molecule has 1 heterocycles. The minimum Gasteiger partial charge on any atom is -0.287 e. The topological polar surface area (TPSA) is 61.2 Å². The van der Waals surface area contributed by atoms with E-state index in [1.165, 1.54) is 0 Å². The Bertz CT molecular complexity index is 390. The lowest BCUT2D eigenvalue weighted by Gasteiger charge is -2.32. The van der Waals surface area contributed by atoms with Crippen LogP contribution in [-0.4, -0.2) is 42.9 Å². The highest BCUT2D eigenvalue weighted by Gasteiger charge is 2.30. The highest BCUT2D eigenvalue weighted by molar-refractivity contribution is 7.92. The van der Waals surface area contributed by atoms with Crippen LogP contribution in [-0.2, 0) is 9.84 Å². The second-order valence-corrected chi connectivity index (χ2v) is 8.47. The van der Waals surface area contributed by atoms with Crippen LogP contribution in [0.4, 0.5) is 0 Å². The van der Waals surface area contributed by atoms with Crippen molar-refractivity contribution in [1.82, 2.24) is 4.90 Å². The fourth-order valence-electron chi connectivity index (χ4n) is 1.95. The number of nitriles is 1. The van der Waals surface area contributed by atoms with E-state index >= 15 is 0 Å². The molecular weight excluding hydrogens is 236 g/mol. The van der Waals surface area contributed by atoms with E-state index in [0.717, 1.165) is 25.8 Å². The average Bonchev–Trinajstić information content (AvgIpc) is 2.25. The molecule has 17 heavy (non-hydrogen) atoms. The molecule has 1 atom stereocenters. The van der Waals surface area contributed by atoms with Crippen molar-refractivity contribution < 1.29 is 8.42 Å². The van der Waals surface area contributed by atoms with Crippen LogP contribution in [0.5, 0.6) is 0 Å². The third-order valence-corrected chi connectivity index (χ3v) is 5.93. The monoisotopic (exact) mass is 258 g/mol. The number of hydrogen-bond donors (Lipinski definition) is 0. The number of nitrogens with zero attached hydrogens (tertiary/aromatic N) is 2. The molecule has 0 aromatic rings. The van der Waals surface area contributed by atoms with Gasteiger partial charge < -0.3 is 0 Å². The maximum Gasteiger partial charge on any atom is 0.156 e. The van der Waals surface area contributed by atoms with E-state index < -0.39 is 14.6 Å². The zero-order chi connectivity index (χ0) is 13.1. The van der Waals surface area contributed by atoms with Gasteiger partial charge in [0.1, 0.15) is 0 Å². The van der Waals surface area contributed by atoms with Crippen molar-refractivity contribution in [2.24, 2.45) is 0 Å². The Morgan fingerprint density at radius 2 is 2.00 bits per heavy atom. The lowest BCUT2D eigenvalue weighted by Crippen LogP contribution is -2.43. The van der Waals surface area contributed by atoms with E-state index in [9.17, 15) is 8.42 Å². The molecule has 0 aromatic carbocycles. The van der Waals surface area contributed by atoms with Crippen molar-refractivity contribution in [1.29, 1.82) is 5.26 Å². The molecule has 1 aliphatic rings. The lowest BCUT2D eigenvalue weighted by molar-refractivity contribution is 0.195. The summed E-state index contributed by atoms with van der Waals surface area (Å²) in [6.07, 6.45) is 3.00. The molecule has 0 amide bonds. The van der Waals surface area contributed by atoms with Crippen LogP contribution in [0.2, 0.25) is 0 Å².